The highest BCUT2D eigenvalue weighted by Crippen LogP contribution is 2.42. The number of nitrogens with one attached hydrogen (secondary N) is 1. The van der Waals surface area contributed by atoms with Crippen molar-refractivity contribution >= 4 is 17.6 Å². The fourth-order valence-corrected chi connectivity index (χ4v) is 5.06. The van der Waals surface area contributed by atoms with Gasteiger partial charge in [-0.05, 0) is 62.1 Å². The summed E-state index contributed by atoms with van der Waals surface area (Å²) in [7, 11) is 1.71. The average Bonchev–Trinajstić information content (AvgIpc) is 3.71. The molecule has 40 heavy (non-hydrogen) atoms. The maximum absolute atomic E-state index is 13.3. The predicted octanol–water partition coefficient (Wildman–Crippen LogP) is 4.39. The van der Waals surface area contributed by atoms with Gasteiger partial charge >= 0.3 is 5.97 Å². The Morgan fingerprint density at radius 3 is 2.48 bits per heavy atom. The first-order chi connectivity index (χ1) is 19.4. The van der Waals surface area contributed by atoms with Gasteiger partial charge < -0.3 is 29.2 Å². The minimum absolute atomic E-state index is 0.166. The lowest BCUT2D eigenvalue weighted by atomic mass is 9.92. The van der Waals surface area contributed by atoms with Gasteiger partial charge in [0.15, 0.2) is 0 Å². The van der Waals surface area contributed by atoms with Gasteiger partial charge in [-0.15, -0.1) is 0 Å². The molecule has 9 nitrogen and oxygen atoms in total. The van der Waals surface area contributed by atoms with E-state index in [4.69, 9.17) is 18.9 Å². The first-order valence-electron chi connectivity index (χ1n) is 14.5. The number of rotatable bonds is 16. The summed E-state index contributed by atoms with van der Waals surface area (Å²) in [5.74, 6) is 0.577. The van der Waals surface area contributed by atoms with Crippen LogP contribution in [-0.4, -0.2) is 68.5 Å². The van der Waals surface area contributed by atoms with Crippen LogP contribution in [0.15, 0.2) is 42.5 Å². The van der Waals surface area contributed by atoms with Crippen molar-refractivity contribution in [2.75, 3.05) is 44.9 Å². The van der Waals surface area contributed by atoms with E-state index >= 15 is 0 Å². The number of carbonyl (C=O) groups is 2. The largest absolute Gasteiger partial charge is 0.476 e. The van der Waals surface area contributed by atoms with E-state index in [1.807, 2.05) is 38.1 Å². The summed E-state index contributed by atoms with van der Waals surface area (Å²) in [5.41, 5.74) is 1.14. The molecule has 1 saturated heterocycles. The molecule has 2 atom stereocenters. The molecule has 0 unspecified atom stereocenters. The van der Waals surface area contributed by atoms with E-state index in [1.165, 1.54) is 5.56 Å². The molecule has 2 heterocycles. The van der Waals surface area contributed by atoms with Gasteiger partial charge in [0.05, 0.1) is 25.9 Å². The Morgan fingerprint density at radius 2 is 1.80 bits per heavy atom. The molecule has 2 fully saturated rings. The second-order valence-corrected chi connectivity index (χ2v) is 10.6. The second-order valence-electron chi connectivity index (χ2n) is 10.6. The summed E-state index contributed by atoms with van der Waals surface area (Å²) in [6.45, 7) is 9.09. The Labute approximate surface area is 237 Å². The lowest BCUT2D eigenvalue weighted by Crippen LogP contribution is -2.54. The molecular formula is C31H43N3O6. The number of nitrogens with zero attached hydrogens (tertiary/aromatic N) is 2. The van der Waals surface area contributed by atoms with Gasteiger partial charge in [0.1, 0.15) is 16.9 Å². The van der Waals surface area contributed by atoms with E-state index in [9.17, 15) is 9.59 Å². The zero-order valence-corrected chi connectivity index (χ0v) is 24.2. The number of ether oxygens (including phenoxy) is 4. The van der Waals surface area contributed by atoms with Gasteiger partial charge in [0, 0.05) is 26.8 Å². The van der Waals surface area contributed by atoms with Crippen molar-refractivity contribution in [1.29, 1.82) is 0 Å². The number of benzene rings is 1. The maximum atomic E-state index is 13.3. The minimum Gasteiger partial charge on any atom is -0.476 e. The van der Waals surface area contributed by atoms with Gasteiger partial charge in [0.25, 0.3) is 5.91 Å². The number of hydrogen-bond donors (Lipinski definition) is 1. The van der Waals surface area contributed by atoms with E-state index in [1.54, 1.807) is 20.1 Å². The van der Waals surface area contributed by atoms with Crippen LogP contribution in [0.25, 0.3) is 0 Å². The van der Waals surface area contributed by atoms with E-state index in [0.717, 1.165) is 38.2 Å². The molecule has 2 aromatic rings. The molecule has 1 N–H and O–H groups in total. The fraction of sp³-hybridized carbons (Fsp3) is 0.581. The number of pyridine rings is 1. The van der Waals surface area contributed by atoms with Gasteiger partial charge in [-0.2, -0.15) is 0 Å². The molecule has 218 valence electrons. The van der Waals surface area contributed by atoms with Crippen LogP contribution in [0.1, 0.15) is 62.5 Å². The Morgan fingerprint density at radius 1 is 1.05 bits per heavy atom. The van der Waals surface area contributed by atoms with Gasteiger partial charge in [-0.3, -0.25) is 4.79 Å². The molecule has 1 amide bonds. The van der Waals surface area contributed by atoms with Crippen LogP contribution in [-0.2, 0) is 25.6 Å². The van der Waals surface area contributed by atoms with Crippen molar-refractivity contribution in [3.05, 3.63) is 53.7 Å². The number of anilines is 1. The zero-order chi connectivity index (χ0) is 28.5. The standard InChI is InChI=1S/C31H43N3O6/c1-5-31(6-2,30(36)39-7-3)33-28(35)26-13-14-27(34-18-25(19-34)37-4)29(32-26)40-21-24-17-23(24)15-16-38-20-22-11-9-8-10-12-22/h8-14,23-25H,5-7,15-21H2,1-4H3,(H,33,35)/t23-,24+/m0/s1. The van der Waals surface area contributed by atoms with Crippen molar-refractivity contribution in [3.8, 4) is 5.88 Å². The number of hydrogen-bond acceptors (Lipinski definition) is 8. The summed E-state index contributed by atoms with van der Waals surface area (Å²) in [4.78, 5) is 32.7. The van der Waals surface area contributed by atoms with E-state index in [0.29, 0.717) is 43.8 Å². The normalized spacial score (nSPS) is 18.6. The van der Waals surface area contributed by atoms with Crippen LogP contribution in [0.5, 0.6) is 5.88 Å². The Balaban J connectivity index is 1.36. The topological polar surface area (TPSA) is 99.2 Å². The van der Waals surface area contributed by atoms with Crippen molar-refractivity contribution in [2.24, 2.45) is 11.8 Å². The van der Waals surface area contributed by atoms with Crippen molar-refractivity contribution in [3.63, 3.8) is 0 Å². The smallest absolute Gasteiger partial charge is 0.331 e. The third-order valence-corrected chi connectivity index (χ3v) is 8.07. The minimum atomic E-state index is -1.10. The zero-order valence-electron chi connectivity index (χ0n) is 24.2. The summed E-state index contributed by atoms with van der Waals surface area (Å²) in [6, 6.07) is 13.7. The first-order valence-corrected chi connectivity index (χ1v) is 14.5. The molecule has 0 radical (unpaired) electrons. The quantitative estimate of drug-likeness (QED) is 0.241. The van der Waals surface area contributed by atoms with Crippen LogP contribution >= 0.6 is 0 Å². The molecule has 1 aliphatic heterocycles. The Hall–Kier alpha value is -3.17. The third kappa shape index (κ3) is 7.31. The van der Waals surface area contributed by atoms with Crippen LogP contribution in [0.3, 0.4) is 0 Å². The monoisotopic (exact) mass is 553 g/mol. The number of carbonyl (C=O) groups excluding carboxylic acids is 2. The highest BCUT2D eigenvalue weighted by molar-refractivity contribution is 5.97. The molecular weight excluding hydrogens is 510 g/mol. The number of methoxy groups -OCH3 is 1. The summed E-state index contributed by atoms with van der Waals surface area (Å²) < 4.78 is 22.8. The van der Waals surface area contributed by atoms with Crippen LogP contribution < -0.4 is 15.0 Å². The van der Waals surface area contributed by atoms with Gasteiger partial charge in [-0.25, -0.2) is 9.78 Å². The summed E-state index contributed by atoms with van der Waals surface area (Å²) in [5, 5.41) is 2.90. The lowest BCUT2D eigenvalue weighted by molar-refractivity contribution is -0.151. The second kappa shape index (κ2) is 13.9. The van der Waals surface area contributed by atoms with Crippen molar-refractivity contribution < 1.29 is 28.5 Å². The Kier molecular flexibility index (Phi) is 10.4. The summed E-state index contributed by atoms with van der Waals surface area (Å²) in [6.07, 6.45) is 3.09. The maximum Gasteiger partial charge on any atom is 0.331 e. The predicted molar refractivity (Wildman–Crippen MR) is 152 cm³/mol. The summed E-state index contributed by atoms with van der Waals surface area (Å²) >= 11 is 0. The molecule has 9 heteroatoms. The molecule has 2 aliphatic rings. The third-order valence-electron chi connectivity index (χ3n) is 8.07. The van der Waals surface area contributed by atoms with E-state index in [2.05, 4.69) is 27.3 Å². The van der Waals surface area contributed by atoms with Crippen LogP contribution in [0.2, 0.25) is 0 Å². The van der Waals surface area contributed by atoms with Gasteiger partial charge in [-0.1, -0.05) is 44.2 Å². The van der Waals surface area contributed by atoms with Crippen molar-refractivity contribution in [2.45, 2.75) is 64.7 Å². The fourth-order valence-electron chi connectivity index (χ4n) is 5.06. The van der Waals surface area contributed by atoms with Crippen LogP contribution in [0, 0.1) is 11.8 Å². The average molecular weight is 554 g/mol. The molecule has 0 spiro atoms. The van der Waals surface area contributed by atoms with Gasteiger partial charge in [0.2, 0.25) is 5.88 Å². The number of aromatic nitrogens is 1. The molecule has 0 bridgehead atoms. The van der Waals surface area contributed by atoms with Crippen molar-refractivity contribution in [1.82, 2.24) is 10.3 Å². The number of esters is 1. The molecule has 1 aromatic heterocycles. The molecule has 1 saturated carbocycles. The van der Waals surface area contributed by atoms with E-state index < -0.39 is 17.4 Å². The van der Waals surface area contributed by atoms with E-state index in [-0.39, 0.29) is 18.4 Å². The molecule has 4 rings (SSSR count). The molecule has 1 aliphatic carbocycles. The lowest BCUT2D eigenvalue weighted by Gasteiger charge is -2.40. The SMILES string of the molecule is CCOC(=O)C(CC)(CC)NC(=O)c1ccc(N2CC(OC)C2)c(OC[C@H]2C[C@@H]2CCOCc2ccccc2)n1. The first kappa shape index (κ1) is 29.8. The highest BCUT2D eigenvalue weighted by atomic mass is 16.5. The Bertz CT molecular complexity index is 1120. The van der Waals surface area contributed by atoms with Crippen LogP contribution in [0.4, 0.5) is 5.69 Å². The number of amides is 1. The highest BCUT2D eigenvalue weighted by Gasteiger charge is 2.40. The molecule has 1 aromatic carbocycles.